The molecule has 8 heteroatoms. The van der Waals surface area contributed by atoms with Gasteiger partial charge in [-0.2, -0.15) is 11.8 Å². The van der Waals surface area contributed by atoms with Gasteiger partial charge in [-0.3, -0.25) is 4.79 Å². The van der Waals surface area contributed by atoms with Gasteiger partial charge in [0.15, 0.2) is 5.13 Å². The number of nitrogen functional groups attached to an aromatic ring is 1. The molecule has 0 spiro atoms. The summed E-state index contributed by atoms with van der Waals surface area (Å²) in [7, 11) is 0. The molecule has 0 unspecified atom stereocenters. The number of aromatic nitrogens is 1. The summed E-state index contributed by atoms with van der Waals surface area (Å²) in [4.78, 5) is 26.5. The van der Waals surface area contributed by atoms with Gasteiger partial charge >= 0.3 is 5.97 Å². The third-order valence-electron chi connectivity index (χ3n) is 2.16. The van der Waals surface area contributed by atoms with Crippen LogP contribution in [0, 0.1) is 0 Å². The molecule has 0 saturated carbocycles. The number of carboxylic acids is 1. The predicted molar refractivity (Wildman–Crippen MR) is 72.8 cm³/mol. The van der Waals surface area contributed by atoms with Crippen molar-refractivity contribution in [3.05, 3.63) is 11.1 Å². The van der Waals surface area contributed by atoms with E-state index in [4.69, 9.17) is 10.8 Å². The SMILES string of the molecule is CSCC[C@@H](NC(=O)Cc1csc(N)n1)C(=O)O. The third kappa shape index (κ3) is 4.92. The Morgan fingerprint density at radius 1 is 1.67 bits per heavy atom. The van der Waals surface area contributed by atoms with Crippen LogP contribution < -0.4 is 11.1 Å². The van der Waals surface area contributed by atoms with E-state index in [1.807, 2.05) is 6.26 Å². The maximum atomic E-state index is 11.6. The minimum Gasteiger partial charge on any atom is -0.480 e. The lowest BCUT2D eigenvalue weighted by Gasteiger charge is -2.13. The van der Waals surface area contributed by atoms with E-state index in [0.717, 1.165) is 0 Å². The van der Waals surface area contributed by atoms with Crippen molar-refractivity contribution in [3.8, 4) is 0 Å². The molecule has 0 aromatic carbocycles. The van der Waals surface area contributed by atoms with Gasteiger partial charge in [0.05, 0.1) is 12.1 Å². The average Bonchev–Trinajstić information content (AvgIpc) is 2.69. The van der Waals surface area contributed by atoms with Gasteiger partial charge in [-0.25, -0.2) is 9.78 Å². The number of thiazole rings is 1. The highest BCUT2D eigenvalue weighted by atomic mass is 32.2. The van der Waals surface area contributed by atoms with Crippen LogP contribution in [-0.4, -0.2) is 40.0 Å². The molecule has 1 rings (SSSR count). The first-order valence-electron chi connectivity index (χ1n) is 5.24. The van der Waals surface area contributed by atoms with E-state index in [2.05, 4.69) is 10.3 Å². The van der Waals surface area contributed by atoms with Crippen molar-refractivity contribution in [2.24, 2.45) is 0 Å². The number of hydrogen-bond donors (Lipinski definition) is 3. The van der Waals surface area contributed by atoms with Gasteiger partial charge in [0, 0.05) is 5.38 Å². The molecule has 0 bridgehead atoms. The number of amides is 1. The fraction of sp³-hybridized carbons (Fsp3) is 0.500. The number of carbonyl (C=O) groups excluding carboxylic acids is 1. The molecule has 18 heavy (non-hydrogen) atoms. The Hall–Kier alpha value is -1.28. The third-order valence-corrected chi connectivity index (χ3v) is 3.52. The first kappa shape index (κ1) is 14.8. The van der Waals surface area contributed by atoms with Crippen LogP contribution in [0.3, 0.4) is 0 Å². The highest BCUT2D eigenvalue weighted by Crippen LogP contribution is 2.11. The zero-order chi connectivity index (χ0) is 13.5. The van der Waals surface area contributed by atoms with Crippen LogP contribution in [0.5, 0.6) is 0 Å². The van der Waals surface area contributed by atoms with Crippen LogP contribution in [0.1, 0.15) is 12.1 Å². The van der Waals surface area contributed by atoms with Gasteiger partial charge < -0.3 is 16.2 Å². The summed E-state index contributed by atoms with van der Waals surface area (Å²) in [5.74, 6) is -0.690. The van der Waals surface area contributed by atoms with Crippen molar-refractivity contribution in [3.63, 3.8) is 0 Å². The number of nitrogens with one attached hydrogen (secondary N) is 1. The Kier molecular flexibility index (Phi) is 5.93. The highest BCUT2D eigenvalue weighted by Gasteiger charge is 2.19. The van der Waals surface area contributed by atoms with Crippen LogP contribution in [0.25, 0.3) is 0 Å². The van der Waals surface area contributed by atoms with E-state index >= 15 is 0 Å². The Labute approximate surface area is 113 Å². The van der Waals surface area contributed by atoms with Gasteiger partial charge in [-0.1, -0.05) is 0 Å². The molecule has 0 fully saturated rings. The number of hydrogen-bond acceptors (Lipinski definition) is 6. The number of carboxylic acid groups (broad SMARTS) is 1. The normalized spacial score (nSPS) is 12.1. The lowest BCUT2D eigenvalue weighted by Crippen LogP contribution is -2.41. The van der Waals surface area contributed by atoms with E-state index in [0.29, 0.717) is 23.0 Å². The molecule has 0 saturated heterocycles. The largest absolute Gasteiger partial charge is 0.480 e. The number of nitrogens with two attached hydrogens (primary N) is 1. The molecule has 4 N–H and O–H groups in total. The van der Waals surface area contributed by atoms with E-state index < -0.39 is 12.0 Å². The fourth-order valence-electron chi connectivity index (χ4n) is 1.31. The molecule has 1 amide bonds. The maximum Gasteiger partial charge on any atom is 0.326 e. The summed E-state index contributed by atoms with van der Waals surface area (Å²) in [5.41, 5.74) is 6.01. The van der Waals surface area contributed by atoms with E-state index in [1.165, 1.54) is 23.1 Å². The minimum atomic E-state index is -1.02. The van der Waals surface area contributed by atoms with Crippen LogP contribution in [0.2, 0.25) is 0 Å². The number of aliphatic carboxylic acids is 1. The monoisotopic (exact) mass is 289 g/mol. The van der Waals surface area contributed by atoms with Crippen molar-refractivity contribution in [1.29, 1.82) is 0 Å². The second-order valence-electron chi connectivity index (χ2n) is 3.59. The minimum absolute atomic E-state index is 0.0523. The van der Waals surface area contributed by atoms with Gasteiger partial charge in [0.25, 0.3) is 0 Å². The van der Waals surface area contributed by atoms with Crippen molar-refractivity contribution in [1.82, 2.24) is 10.3 Å². The molecule has 6 nitrogen and oxygen atoms in total. The van der Waals surface area contributed by atoms with E-state index in [9.17, 15) is 9.59 Å². The van der Waals surface area contributed by atoms with Crippen LogP contribution >= 0.6 is 23.1 Å². The summed E-state index contributed by atoms with van der Waals surface area (Å²) in [6.45, 7) is 0. The number of rotatable bonds is 7. The molecular formula is C10H15N3O3S2. The molecule has 1 aromatic heterocycles. The van der Waals surface area contributed by atoms with Crippen LogP contribution in [-0.2, 0) is 16.0 Å². The zero-order valence-electron chi connectivity index (χ0n) is 9.88. The predicted octanol–water partition coefficient (Wildman–Crippen LogP) is 0.590. The Morgan fingerprint density at radius 3 is 2.89 bits per heavy atom. The van der Waals surface area contributed by atoms with Crippen molar-refractivity contribution in [2.75, 3.05) is 17.7 Å². The Morgan fingerprint density at radius 2 is 2.39 bits per heavy atom. The van der Waals surface area contributed by atoms with Gasteiger partial charge in [-0.05, 0) is 18.4 Å². The van der Waals surface area contributed by atoms with Gasteiger partial charge in [-0.15, -0.1) is 11.3 Å². The lowest BCUT2D eigenvalue weighted by molar-refractivity contribution is -0.141. The molecule has 0 aliphatic heterocycles. The highest BCUT2D eigenvalue weighted by molar-refractivity contribution is 7.98. The number of nitrogens with zero attached hydrogens (tertiary/aromatic N) is 1. The first-order valence-corrected chi connectivity index (χ1v) is 7.51. The molecule has 100 valence electrons. The zero-order valence-corrected chi connectivity index (χ0v) is 11.5. The van der Waals surface area contributed by atoms with Crippen LogP contribution in [0.15, 0.2) is 5.38 Å². The smallest absolute Gasteiger partial charge is 0.326 e. The second-order valence-corrected chi connectivity index (χ2v) is 5.47. The fourth-order valence-corrected chi connectivity index (χ4v) is 2.34. The molecule has 1 atom stereocenters. The molecule has 1 aromatic rings. The van der Waals surface area contributed by atoms with E-state index in [1.54, 1.807) is 5.38 Å². The van der Waals surface area contributed by atoms with Crippen molar-refractivity contribution in [2.45, 2.75) is 18.9 Å². The van der Waals surface area contributed by atoms with E-state index in [-0.39, 0.29) is 12.3 Å². The van der Waals surface area contributed by atoms with Gasteiger partial charge in [0.1, 0.15) is 6.04 Å². The maximum absolute atomic E-state index is 11.6. The number of thioether (sulfide) groups is 1. The summed E-state index contributed by atoms with van der Waals surface area (Å²) in [5, 5.41) is 13.5. The average molecular weight is 289 g/mol. The standard InChI is InChI=1S/C10H15N3O3S2/c1-17-3-2-7(9(15)16)13-8(14)4-6-5-18-10(11)12-6/h5,7H,2-4H2,1H3,(H2,11,12)(H,13,14)(H,15,16)/t7-/m1/s1. The van der Waals surface area contributed by atoms with Crippen LogP contribution in [0.4, 0.5) is 5.13 Å². The Balaban J connectivity index is 2.48. The number of carbonyl (C=O) groups is 2. The number of anilines is 1. The Bertz CT molecular complexity index is 422. The lowest BCUT2D eigenvalue weighted by atomic mass is 10.2. The molecule has 0 radical (unpaired) electrons. The molecule has 0 aliphatic carbocycles. The summed E-state index contributed by atoms with van der Waals surface area (Å²) in [6.07, 6.45) is 2.34. The molecule has 1 heterocycles. The van der Waals surface area contributed by atoms with Crippen molar-refractivity contribution >= 4 is 40.1 Å². The second kappa shape index (κ2) is 7.22. The molecular weight excluding hydrogens is 274 g/mol. The topological polar surface area (TPSA) is 105 Å². The summed E-state index contributed by atoms with van der Waals surface area (Å²) in [6, 6.07) is -0.846. The summed E-state index contributed by atoms with van der Waals surface area (Å²) < 4.78 is 0. The summed E-state index contributed by atoms with van der Waals surface area (Å²) >= 11 is 2.79. The first-order chi connectivity index (χ1) is 8.52. The van der Waals surface area contributed by atoms with Gasteiger partial charge in [0.2, 0.25) is 5.91 Å². The quantitative estimate of drug-likeness (QED) is 0.678. The van der Waals surface area contributed by atoms with Crippen molar-refractivity contribution < 1.29 is 14.7 Å². The molecule has 0 aliphatic rings.